The standard InChI is InChI=1S/C22H26N2O2/c1-5-16-6-11-20(23-15-16)17-7-9-18(10-8-17)21(25)24(4)19-12-13-26-22(2,3)14-19/h5-11,15,19H,1,12-14H2,2-4H3/t19-/m1/s1. The first-order chi connectivity index (χ1) is 12.4. The number of hydrogen-bond donors (Lipinski definition) is 0. The van der Waals surface area contributed by atoms with Gasteiger partial charge in [0, 0.05) is 37.0 Å². The zero-order chi connectivity index (χ0) is 18.7. The third kappa shape index (κ3) is 4.02. The molecule has 0 bridgehead atoms. The van der Waals surface area contributed by atoms with E-state index in [0.29, 0.717) is 12.2 Å². The van der Waals surface area contributed by atoms with E-state index < -0.39 is 0 Å². The van der Waals surface area contributed by atoms with Crippen LogP contribution in [0.4, 0.5) is 0 Å². The molecule has 2 aromatic rings. The van der Waals surface area contributed by atoms with Crippen molar-refractivity contribution in [2.24, 2.45) is 0 Å². The maximum atomic E-state index is 12.8. The summed E-state index contributed by atoms with van der Waals surface area (Å²) in [6.45, 7) is 8.59. The van der Waals surface area contributed by atoms with Crippen molar-refractivity contribution in [2.75, 3.05) is 13.7 Å². The Morgan fingerprint density at radius 2 is 2.00 bits per heavy atom. The van der Waals surface area contributed by atoms with Gasteiger partial charge >= 0.3 is 0 Å². The lowest BCUT2D eigenvalue weighted by atomic mass is 9.92. The third-order valence-corrected chi connectivity index (χ3v) is 4.99. The van der Waals surface area contributed by atoms with Crippen LogP contribution in [0, 0.1) is 0 Å². The summed E-state index contributed by atoms with van der Waals surface area (Å²) in [4.78, 5) is 19.1. The molecule has 1 aliphatic heterocycles. The molecule has 1 aromatic carbocycles. The van der Waals surface area contributed by atoms with E-state index in [9.17, 15) is 4.79 Å². The van der Waals surface area contributed by atoms with Gasteiger partial charge in [0.05, 0.1) is 11.3 Å². The Bertz CT molecular complexity index is 779. The van der Waals surface area contributed by atoms with E-state index in [-0.39, 0.29) is 17.6 Å². The van der Waals surface area contributed by atoms with Crippen molar-refractivity contribution in [3.8, 4) is 11.3 Å². The molecule has 136 valence electrons. The topological polar surface area (TPSA) is 42.4 Å². The van der Waals surface area contributed by atoms with Gasteiger partial charge in [0.1, 0.15) is 0 Å². The van der Waals surface area contributed by atoms with E-state index in [1.165, 1.54) is 0 Å². The second kappa shape index (κ2) is 7.42. The fraction of sp³-hybridized carbons (Fsp3) is 0.364. The average Bonchev–Trinajstić information content (AvgIpc) is 2.66. The first kappa shape index (κ1) is 18.3. The lowest BCUT2D eigenvalue weighted by molar-refractivity contribution is -0.0756. The van der Waals surface area contributed by atoms with Crippen LogP contribution in [0.2, 0.25) is 0 Å². The molecule has 1 aromatic heterocycles. The van der Waals surface area contributed by atoms with Gasteiger partial charge < -0.3 is 9.64 Å². The summed E-state index contributed by atoms with van der Waals surface area (Å²) in [5.74, 6) is 0.0502. The van der Waals surface area contributed by atoms with Gasteiger partial charge in [-0.15, -0.1) is 0 Å². The van der Waals surface area contributed by atoms with Gasteiger partial charge in [0.25, 0.3) is 5.91 Å². The van der Waals surface area contributed by atoms with E-state index >= 15 is 0 Å². The number of benzene rings is 1. The van der Waals surface area contributed by atoms with Crippen molar-refractivity contribution in [3.05, 3.63) is 60.3 Å². The molecule has 3 rings (SSSR count). The Kier molecular flexibility index (Phi) is 5.23. The number of nitrogens with zero attached hydrogens (tertiary/aromatic N) is 2. The van der Waals surface area contributed by atoms with Crippen molar-refractivity contribution in [1.29, 1.82) is 0 Å². The van der Waals surface area contributed by atoms with Crippen LogP contribution in [0.15, 0.2) is 49.2 Å². The third-order valence-electron chi connectivity index (χ3n) is 4.99. The minimum atomic E-state index is -0.176. The minimum absolute atomic E-state index is 0.0502. The molecule has 0 spiro atoms. The predicted molar refractivity (Wildman–Crippen MR) is 105 cm³/mol. The highest BCUT2D eigenvalue weighted by Crippen LogP contribution is 2.28. The molecule has 0 radical (unpaired) electrons. The summed E-state index contributed by atoms with van der Waals surface area (Å²) >= 11 is 0. The van der Waals surface area contributed by atoms with Crippen molar-refractivity contribution >= 4 is 12.0 Å². The van der Waals surface area contributed by atoms with Crippen molar-refractivity contribution in [1.82, 2.24) is 9.88 Å². The smallest absolute Gasteiger partial charge is 0.253 e. The highest BCUT2D eigenvalue weighted by molar-refractivity contribution is 5.94. The predicted octanol–water partition coefficient (Wildman–Crippen LogP) is 4.42. The number of aromatic nitrogens is 1. The van der Waals surface area contributed by atoms with Gasteiger partial charge in [-0.3, -0.25) is 9.78 Å². The number of amides is 1. The van der Waals surface area contributed by atoms with Crippen molar-refractivity contribution in [2.45, 2.75) is 38.3 Å². The van der Waals surface area contributed by atoms with E-state index in [1.54, 1.807) is 12.3 Å². The quantitative estimate of drug-likeness (QED) is 0.820. The Balaban J connectivity index is 1.72. The summed E-state index contributed by atoms with van der Waals surface area (Å²) < 4.78 is 5.76. The van der Waals surface area contributed by atoms with Gasteiger partial charge in [-0.1, -0.05) is 30.9 Å². The minimum Gasteiger partial charge on any atom is -0.375 e. The molecule has 0 unspecified atom stereocenters. The highest BCUT2D eigenvalue weighted by atomic mass is 16.5. The molecule has 26 heavy (non-hydrogen) atoms. The summed E-state index contributed by atoms with van der Waals surface area (Å²) in [6, 6.07) is 11.8. The Morgan fingerprint density at radius 1 is 1.27 bits per heavy atom. The Hall–Kier alpha value is -2.46. The molecule has 0 aliphatic carbocycles. The highest BCUT2D eigenvalue weighted by Gasteiger charge is 2.32. The van der Waals surface area contributed by atoms with Gasteiger partial charge in [-0.05, 0) is 50.5 Å². The van der Waals surface area contributed by atoms with Crippen LogP contribution in [0.3, 0.4) is 0 Å². The summed E-state index contributed by atoms with van der Waals surface area (Å²) in [7, 11) is 1.89. The lowest BCUT2D eigenvalue weighted by Gasteiger charge is -2.39. The molecule has 1 saturated heterocycles. The zero-order valence-corrected chi connectivity index (χ0v) is 15.7. The molecule has 0 N–H and O–H groups in total. The molecular weight excluding hydrogens is 324 g/mol. The lowest BCUT2D eigenvalue weighted by Crippen LogP contribution is -2.46. The summed E-state index contributed by atoms with van der Waals surface area (Å²) in [5, 5.41) is 0. The molecule has 1 fully saturated rings. The first-order valence-electron chi connectivity index (χ1n) is 9.00. The molecular formula is C22H26N2O2. The molecule has 0 saturated carbocycles. The fourth-order valence-electron chi connectivity index (χ4n) is 3.38. The van der Waals surface area contributed by atoms with Crippen molar-refractivity contribution in [3.63, 3.8) is 0 Å². The largest absolute Gasteiger partial charge is 0.375 e. The number of hydrogen-bond acceptors (Lipinski definition) is 3. The van der Waals surface area contributed by atoms with Gasteiger partial charge in [-0.25, -0.2) is 0 Å². The molecule has 1 amide bonds. The van der Waals surface area contributed by atoms with E-state index in [4.69, 9.17) is 4.74 Å². The Morgan fingerprint density at radius 3 is 2.58 bits per heavy atom. The molecule has 2 heterocycles. The molecule has 1 aliphatic rings. The molecule has 1 atom stereocenters. The first-order valence-corrected chi connectivity index (χ1v) is 9.00. The maximum Gasteiger partial charge on any atom is 0.253 e. The van der Waals surface area contributed by atoms with Crippen LogP contribution >= 0.6 is 0 Å². The number of pyridine rings is 1. The van der Waals surface area contributed by atoms with Gasteiger partial charge in [-0.2, -0.15) is 0 Å². The monoisotopic (exact) mass is 350 g/mol. The fourth-order valence-corrected chi connectivity index (χ4v) is 3.38. The maximum absolute atomic E-state index is 12.8. The summed E-state index contributed by atoms with van der Waals surface area (Å²) in [5.41, 5.74) is 3.39. The SMILES string of the molecule is C=Cc1ccc(-c2ccc(C(=O)N(C)[C@@H]3CCOC(C)(C)C3)cc2)nc1. The number of rotatable bonds is 4. The van der Waals surface area contributed by atoms with E-state index in [0.717, 1.165) is 29.7 Å². The second-order valence-corrected chi connectivity index (χ2v) is 7.43. The normalized spacial score (nSPS) is 19.0. The number of carbonyl (C=O) groups is 1. The van der Waals surface area contributed by atoms with Gasteiger partial charge in [0.15, 0.2) is 0 Å². The molecule has 4 heteroatoms. The van der Waals surface area contributed by atoms with Gasteiger partial charge in [0.2, 0.25) is 0 Å². The number of ether oxygens (including phenoxy) is 1. The van der Waals surface area contributed by atoms with Crippen LogP contribution in [0.1, 0.15) is 42.6 Å². The van der Waals surface area contributed by atoms with Crippen LogP contribution in [0.5, 0.6) is 0 Å². The van der Waals surface area contributed by atoms with Crippen LogP contribution in [0.25, 0.3) is 17.3 Å². The van der Waals surface area contributed by atoms with Crippen LogP contribution < -0.4 is 0 Å². The zero-order valence-electron chi connectivity index (χ0n) is 15.7. The van der Waals surface area contributed by atoms with E-state index in [1.807, 2.05) is 48.3 Å². The number of carbonyl (C=O) groups excluding carboxylic acids is 1. The average molecular weight is 350 g/mol. The van der Waals surface area contributed by atoms with Crippen LogP contribution in [-0.4, -0.2) is 41.1 Å². The summed E-state index contributed by atoms with van der Waals surface area (Å²) in [6.07, 6.45) is 5.30. The van der Waals surface area contributed by atoms with Crippen LogP contribution in [-0.2, 0) is 4.74 Å². The van der Waals surface area contributed by atoms with Crippen molar-refractivity contribution < 1.29 is 9.53 Å². The Labute approximate surface area is 155 Å². The second-order valence-electron chi connectivity index (χ2n) is 7.43. The molecule has 4 nitrogen and oxygen atoms in total. The van der Waals surface area contributed by atoms with E-state index in [2.05, 4.69) is 25.4 Å².